The smallest absolute Gasteiger partial charge is 0.281 e. The number of nitrogens with two attached hydrogens (primary N) is 1. The molecule has 1 amide bonds. The van der Waals surface area contributed by atoms with Crippen LogP contribution in [-0.2, 0) is 0 Å². The van der Waals surface area contributed by atoms with E-state index >= 15 is 0 Å². The van der Waals surface area contributed by atoms with Crippen LogP contribution in [0.25, 0.3) is 5.65 Å². The number of hydrogen-bond acceptors (Lipinski definition) is 5. The number of alkyl halides is 2. The molecule has 9 heteroatoms. The summed E-state index contributed by atoms with van der Waals surface area (Å²) >= 11 is 0. The average molecular weight is 400 g/mol. The number of hydrogen-bond donors (Lipinski definition) is 2. The van der Waals surface area contributed by atoms with Crippen molar-refractivity contribution in [1.29, 1.82) is 0 Å². The number of nitrogens with zero attached hydrogens (tertiary/aromatic N) is 4. The van der Waals surface area contributed by atoms with Gasteiger partial charge in [0.15, 0.2) is 0 Å². The van der Waals surface area contributed by atoms with E-state index in [1.165, 1.54) is 17.4 Å². The summed E-state index contributed by atoms with van der Waals surface area (Å²) in [6, 6.07) is 8.85. The Morgan fingerprint density at radius 2 is 2.00 bits per heavy atom. The SMILES string of the molecule is NN(C(=O)c1cccnc1)C1CCC(Nc2cccc3nc(C(F)F)cn23)CC1. The van der Waals surface area contributed by atoms with Crippen molar-refractivity contribution in [2.45, 2.75) is 44.2 Å². The molecule has 0 aromatic carbocycles. The first-order valence-corrected chi connectivity index (χ1v) is 9.54. The zero-order chi connectivity index (χ0) is 20.4. The van der Waals surface area contributed by atoms with Gasteiger partial charge >= 0.3 is 0 Å². The second kappa shape index (κ2) is 8.12. The van der Waals surface area contributed by atoms with Crippen LogP contribution in [0.1, 0.15) is 48.2 Å². The Labute approximate surface area is 166 Å². The molecule has 0 aliphatic heterocycles. The lowest BCUT2D eigenvalue weighted by molar-refractivity contribution is 0.0628. The third kappa shape index (κ3) is 4.04. The molecular formula is C20H22F2N6O. The number of amides is 1. The molecule has 3 aromatic rings. The fraction of sp³-hybridized carbons (Fsp3) is 0.350. The Morgan fingerprint density at radius 1 is 1.21 bits per heavy atom. The second-order valence-corrected chi connectivity index (χ2v) is 7.21. The largest absolute Gasteiger partial charge is 0.368 e. The number of aromatic nitrogens is 3. The lowest BCUT2D eigenvalue weighted by Gasteiger charge is -2.34. The monoisotopic (exact) mass is 400 g/mol. The van der Waals surface area contributed by atoms with Crippen LogP contribution in [0, 0.1) is 0 Å². The minimum absolute atomic E-state index is 0.0461. The highest BCUT2D eigenvalue weighted by Crippen LogP contribution is 2.27. The maximum atomic E-state index is 13.0. The van der Waals surface area contributed by atoms with Crippen LogP contribution in [0.5, 0.6) is 0 Å². The van der Waals surface area contributed by atoms with Crippen molar-refractivity contribution in [2.75, 3.05) is 5.32 Å². The van der Waals surface area contributed by atoms with Gasteiger partial charge < -0.3 is 5.32 Å². The Bertz CT molecular complexity index is 985. The fourth-order valence-electron chi connectivity index (χ4n) is 3.76. The number of carbonyl (C=O) groups is 1. The van der Waals surface area contributed by atoms with Gasteiger partial charge in [-0.25, -0.2) is 19.6 Å². The van der Waals surface area contributed by atoms with Crippen molar-refractivity contribution < 1.29 is 13.6 Å². The standard InChI is InChI=1S/C20H22F2N6O/c21-19(22)16-12-27-17(4-1-5-18(27)26-16)25-14-6-8-15(9-7-14)28(23)20(29)13-3-2-10-24-11-13/h1-5,10-12,14-15,19,25H,6-9,23H2. The van der Waals surface area contributed by atoms with E-state index < -0.39 is 6.43 Å². The number of imidazole rings is 1. The number of rotatable bonds is 5. The first-order chi connectivity index (χ1) is 14.0. The molecule has 7 nitrogen and oxygen atoms in total. The van der Waals surface area contributed by atoms with E-state index in [1.54, 1.807) is 34.9 Å². The van der Waals surface area contributed by atoms with Gasteiger partial charge in [0.05, 0.1) is 5.56 Å². The van der Waals surface area contributed by atoms with Crippen LogP contribution in [0.4, 0.5) is 14.6 Å². The topological polar surface area (TPSA) is 88.5 Å². The van der Waals surface area contributed by atoms with Gasteiger partial charge in [-0.15, -0.1) is 0 Å². The van der Waals surface area contributed by atoms with E-state index in [9.17, 15) is 13.6 Å². The number of fused-ring (bicyclic) bond motifs is 1. The Balaban J connectivity index is 1.39. The van der Waals surface area contributed by atoms with Gasteiger partial charge in [-0.1, -0.05) is 6.07 Å². The Morgan fingerprint density at radius 3 is 2.69 bits per heavy atom. The van der Waals surface area contributed by atoms with Crippen molar-refractivity contribution in [3.8, 4) is 0 Å². The van der Waals surface area contributed by atoms with E-state index in [4.69, 9.17) is 5.84 Å². The summed E-state index contributed by atoms with van der Waals surface area (Å²) in [7, 11) is 0. The lowest BCUT2D eigenvalue weighted by Crippen LogP contribution is -2.48. The molecular weight excluding hydrogens is 378 g/mol. The number of nitrogens with one attached hydrogen (secondary N) is 1. The molecule has 1 aliphatic carbocycles. The van der Waals surface area contributed by atoms with Gasteiger partial charge in [-0.05, 0) is 49.9 Å². The minimum Gasteiger partial charge on any atom is -0.368 e. The fourth-order valence-corrected chi connectivity index (χ4v) is 3.76. The highest BCUT2D eigenvalue weighted by atomic mass is 19.3. The van der Waals surface area contributed by atoms with E-state index in [-0.39, 0.29) is 23.7 Å². The third-order valence-corrected chi connectivity index (χ3v) is 5.32. The number of pyridine rings is 2. The van der Waals surface area contributed by atoms with Gasteiger partial charge in [0.1, 0.15) is 17.2 Å². The molecule has 4 rings (SSSR count). The van der Waals surface area contributed by atoms with Crippen LogP contribution >= 0.6 is 0 Å². The second-order valence-electron chi connectivity index (χ2n) is 7.21. The summed E-state index contributed by atoms with van der Waals surface area (Å²) in [6.45, 7) is 0. The molecule has 0 unspecified atom stereocenters. The molecule has 29 heavy (non-hydrogen) atoms. The molecule has 1 saturated carbocycles. The first-order valence-electron chi connectivity index (χ1n) is 9.54. The predicted molar refractivity (Wildman–Crippen MR) is 104 cm³/mol. The van der Waals surface area contributed by atoms with E-state index in [2.05, 4.69) is 15.3 Å². The summed E-state index contributed by atoms with van der Waals surface area (Å²) in [5.74, 6) is 6.56. The average Bonchev–Trinajstić information content (AvgIpc) is 3.20. The molecule has 152 valence electrons. The van der Waals surface area contributed by atoms with Crippen molar-refractivity contribution >= 4 is 17.4 Å². The van der Waals surface area contributed by atoms with Gasteiger partial charge in [0.2, 0.25) is 0 Å². The van der Waals surface area contributed by atoms with Crippen LogP contribution < -0.4 is 11.2 Å². The number of hydrazine groups is 1. The molecule has 1 aliphatic rings. The molecule has 0 spiro atoms. The molecule has 0 radical (unpaired) electrons. The van der Waals surface area contributed by atoms with Crippen LogP contribution in [0.15, 0.2) is 48.9 Å². The molecule has 3 aromatic heterocycles. The third-order valence-electron chi connectivity index (χ3n) is 5.32. The highest BCUT2D eigenvalue weighted by molar-refractivity contribution is 5.93. The van der Waals surface area contributed by atoms with Crippen LogP contribution in [0.3, 0.4) is 0 Å². The number of carbonyl (C=O) groups excluding carboxylic acids is 1. The van der Waals surface area contributed by atoms with Crippen molar-refractivity contribution in [3.05, 3.63) is 60.2 Å². The quantitative estimate of drug-likeness (QED) is 0.389. The van der Waals surface area contributed by atoms with Crippen LogP contribution in [-0.4, -0.2) is 37.4 Å². The zero-order valence-electron chi connectivity index (χ0n) is 15.7. The molecule has 0 bridgehead atoms. The summed E-state index contributed by atoms with van der Waals surface area (Å²) in [4.78, 5) is 20.4. The Kier molecular flexibility index (Phi) is 5.39. The summed E-state index contributed by atoms with van der Waals surface area (Å²) < 4.78 is 27.6. The lowest BCUT2D eigenvalue weighted by atomic mass is 9.90. The van der Waals surface area contributed by atoms with E-state index in [0.29, 0.717) is 11.2 Å². The summed E-state index contributed by atoms with van der Waals surface area (Å²) in [5, 5.41) is 4.72. The van der Waals surface area contributed by atoms with Gasteiger partial charge in [0.25, 0.3) is 12.3 Å². The predicted octanol–water partition coefficient (Wildman–Crippen LogP) is 3.41. The van der Waals surface area contributed by atoms with Crippen molar-refractivity contribution in [2.24, 2.45) is 5.84 Å². The first kappa shape index (κ1) is 19.3. The van der Waals surface area contributed by atoms with Crippen LogP contribution in [0.2, 0.25) is 0 Å². The molecule has 0 atom stereocenters. The van der Waals surface area contributed by atoms with Crippen molar-refractivity contribution in [3.63, 3.8) is 0 Å². The normalized spacial score (nSPS) is 19.4. The van der Waals surface area contributed by atoms with Crippen molar-refractivity contribution in [1.82, 2.24) is 19.4 Å². The molecule has 0 saturated heterocycles. The van der Waals surface area contributed by atoms with Gasteiger partial charge in [-0.2, -0.15) is 0 Å². The number of anilines is 1. The maximum absolute atomic E-state index is 13.0. The minimum atomic E-state index is -2.61. The maximum Gasteiger partial charge on any atom is 0.281 e. The molecule has 3 heterocycles. The van der Waals surface area contributed by atoms with E-state index in [1.807, 2.05) is 6.07 Å². The highest BCUT2D eigenvalue weighted by Gasteiger charge is 2.28. The summed E-state index contributed by atoms with van der Waals surface area (Å²) in [6.07, 6.45) is 5.00. The van der Waals surface area contributed by atoms with Gasteiger partial charge in [-0.3, -0.25) is 19.2 Å². The summed E-state index contributed by atoms with van der Waals surface area (Å²) in [5.41, 5.74) is 0.710. The molecule has 1 fully saturated rings. The van der Waals surface area contributed by atoms with Gasteiger partial charge in [0, 0.05) is 30.7 Å². The number of halogens is 2. The van der Waals surface area contributed by atoms with E-state index in [0.717, 1.165) is 31.5 Å². The zero-order valence-corrected chi connectivity index (χ0v) is 15.7. The Hall–Kier alpha value is -3.07. The molecule has 3 N–H and O–H groups in total.